The van der Waals surface area contributed by atoms with E-state index in [-0.39, 0.29) is 11.8 Å². The molecule has 2 aliphatic heterocycles. The minimum absolute atomic E-state index is 0.0447. The van der Waals surface area contributed by atoms with E-state index in [1.54, 1.807) is 0 Å². The largest absolute Gasteiger partial charge is 0.378 e. The van der Waals surface area contributed by atoms with Crippen LogP contribution in [0.4, 0.5) is 11.6 Å². The number of aromatic nitrogens is 2. The van der Waals surface area contributed by atoms with Gasteiger partial charge in [-0.3, -0.25) is 4.79 Å². The van der Waals surface area contributed by atoms with Crippen LogP contribution in [0, 0.1) is 5.92 Å². The smallest absolute Gasteiger partial charge is 0.225 e. The standard InChI is InChI=1S/C21H26ClN5O2/c22-18-5-3-16(4-6-18)14-23-21(28)17-2-1-9-27(15-17)20-8-7-19(24-25-20)26-10-12-29-13-11-26/h3-8,17H,1-2,9-15H2,(H,23,28). The molecule has 1 aromatic heterocycles. The summed E-state index contributed by atoms with van der Waals surface area (Å²) in [6, 6.07) is 11.6. The van der Waals surface area contributed by atoms with Crippen LogP contribution in [0.1, 0.15) is 18.4 Å². The van der Waals surface area contributed by atoms with Gasteiger partial charge in [-0.25, -0.2) is 0 Å². The van der Waals surface area contributed by atoms with Crippen molar-refractivity contribution in [3.8, 4) is 0 Å². The number of rotatable bonds is 5. The van der Waals surface area contributed by atoms with Crippen LogP contribution in [0.2, 0.25) is 5.02 Å². The summed E-state index contributed by atoms with van der Waals surface area (Å²) in [7, 11) is 0. The molecule has 2 saturated heterocycles. The Kier molecular flexibility index (Phi) is 6.46. The van der Waals surface area contributed by atoms with Crippen molar-refractivity contribution >= 4 is 29.1 Å². The molecule has 7 nitrogen and oxygen atoms in total. The molecule has 0 spiro atoms. The van der Waals surface area contributed by atoms with Crippen LogP contribution < -0.4 is 15.1 Å². The zero-order valence-electron chi connectivity index (χ0n) is 16.4. The lowest BCUT2D eigenvalue weighted by Crippen LogP contribution is -2.43. The second-order valence-corrected chi connectivity index (χ2v) is 7.92. The van der Waals surface area contributed by atoms with Gasteiger partial charge in [-0.15, -0.1) is 10.2 Å². The highest BCUT2D eigenvalue weighted by molar-refractivity contribution is 6.30. The Balaban J connectivity index is 1.32. The third kappa shape index (κ3) is 5.16. The molecule has 2 fully saturated rings. The van der Waals surface area contributed by atoms with Crippen molar-refractivity contribution in [2.24, 2.45) is 5.92 Å². The van der Waals surface area contributed by atoms with E-state index in [2.05, 4.69) is 25.3 Å². The van der Waals surface area contributed by atoms with Crippen LogP contribution >= 0.6 is 11.6 Å². The molecule has 1 aromatic carbocycles. The number of nitrogens with zero attached hydrogens (tertiary/aromatic N) is 4. The van der Waals surface area contributed by atoms with Crippen LogP contribution in [-0.2, 0) is 16.1 Å². The van der Waals surface area contributed by atoms with Crippen molar-refractivity contribution in [1.82, 2.24) is 15.5 Å². The number of morpholine rings is 1. The van der Waals surface area contributed by atoms with Gasteiger partial charge >= 0.3 is 0 Å². The molecule has 2 aliphatic rings. The molecular formula is C21H26ClN5O2. The number of anilines is 2. The molecule has 0 saturated carbocycles. The van der Waals surface area contributed by atoms with Crippen LogP contribution in [0.15, 0.2) is 36.4 Å². The number of ether oxygens (including phenoxy) is 1. The Hall–Kier alpha value is -2.38. The van der Waals surface area contributed by atoms with Crippen molar-refractivity contribution in [2.45, 2.75) is 19.4 Å². The topological polar surface area (TPSA) is 70.6 Å². The number of carbonyl (C=O) groups is 1. The van der Waals surface area contributed by atoms with Crippen LogP contribution in [-0.4, -0.2) is 55.5 Å². The van der Waals surface area contributed by atoms with Crippen LogP contribution in [0.5, 0.6) is 0 Å². The predicted molar refractivity (Wildman–Crippen MR) is 113 cm³/mol. The summed E-state index contributed by atoms with van der Waals surface area (Å²) in [6.07, 6.45) is 1.86. The SMILES string of the molecule is O=C(NCc1ccc(Cl)cc1)C1CCCN(c2ccc(N3CCOCC3)nn2)C1. The average Bonchev–Trinajstić information content (AvgIpc) is 2.79. The first-order chi connectivity index (χ1) is 14.2. The number of benzene rings is 1. The van der Waals surface area contributed by atoms with E-state index in [1.165, 1.54) is 0 Å². The summed E-state index contributed by atoms with van der Waals surface area (Å²) < 4.78 is 5.39. The number of hydrogen-bond acceptors (Lipinski definition) is 6. The Morgan fingerprint density at radius 3 is 2.41 bits per heavy atom. The van der Waals surface area contributed by atoms with Gasteiger partial charge in [-0.1, -0.05) is 23.7 Å². The second-order valence-electron chi connectivity index (χ2n) is 7.48. The monoisotopic (exact) mass is 415 g/mol. The van der Waals surface area contributed by atoms with Crippen LogP contribution in [0.25, 0.3) is 0 Å². The van der Waals surface area contributed by atoms with E-state index in [9.17, 15) is 4.79 Å². The second kappa shape index (κ2) is 9.41. The molecule has 1 amide bonds. The third-order valence-electron chi connectivity index (χ3n) is 5.47. The molecule has 1 atom stereocenters. The first-order valence-corrected chi connectivity index (χ1v) is 10.5. The molecule has 29 heavy (non-hydrogen) atoms. The molecule has 0 radical (unpaired) electrons. The number of amides is 1. The van der Waals surface area contributed by atoms with Gasteiger partial charge in [0.25, 0.3) is 0 Å². The minimum atomic E-state index is -0.0447. The Morgan fingerprint density at radius 1 is 1.03 bits per heavy atom. The fourth-order valence-corrected chi connectivity index (χ4v) is 3.91. The van der Waals surface area contributed by atoms with Gasteiger partial charge in [-0.2, -0.15) is 0 Å². The van der Waals surface area contributed by atoms with Gasteiger partial charge < -0.3 is 19.9 Å². The summed E-state index contributed by atoms with van der Waals surface area (Å²) in [5, 5.41) is 12.6. The molecule has 8 heteroatoms. The zero-order valence-corrected chi connectivity index (χ0v) is 17.1. The zero-order chi connectivity index (χ0) is 20.1. The lowest BCUT2D eigenvalue weighted by molar-refractivity contribution is -0.125. The summed E-state index contributed by atoms with van der Waals surface area (Å²) >= 11 is 5.91. The van der Waals surface area contributed by atoms with Crippen molar-refractivity contribution in [3.63, 3.8) is 0 Å². The van der Waals surface area contributed by atoms with E-state index < -0.39 is 0 Å². The maximum atomic E-state index is 12.7. The summed E-state index contributed by atoms with van der Waals surface area (Å²) in [4.78, 5) is 17.0. The van der Waals surface area contributed by atoms with Gasteiger partial charge in [0.05, 0.1) is 19.1 Å². The summed E-state index contributed by atoms with van der Waals surface area (Å²) in [5.41, 5.74) is 1.04. The molecule has 2 aromatic rings. The van der Waals surface area contributed by atoms with Gasteiger partial charge in [0.2, 0.25) is 5.91 Å². The number of nitrogens with one attached hydrogen (secondary N) is 1. The third-order valence-corrected chi connectivity index (χ3v) is 5.72. The summed E-state index contributed by atoms with van der Waals surface area (Å²) in [6.45, 7) is 5.21. The fraction of sp³-hybridized carbons (Fsp3) is 0.476. The molecule has 1 unspecified atom stereocenters. The average molecular weight is 416 g/mol. The molecule has 154 valence electrons. The van der Waals surface area contributed by atoms with Gasteiger partial charge in [0, 0.05) is 37.7 Å². The Morgan fingerprint density at radius 2 is 1.72 bits per heavy atom. The number of halogens is 1. The van der Waals surface area contributed by atoms with Gasteiger partial charge in [-0.05, 0) is 42.7 Å². The van der Waals surface area contributed by atoms with E-state index in [0.29, 0.717) is 18.1 Å². The van der Waals surface area contributed by atoms with Crippen molar-refractivity contribution < 1.29 is 9.53 Å². The van der Waals surface area contributed by atoms with E-state index in [4.69, 9.17) is 16.3 Å². The highest BCUT2D eigenvalue weighted by atomic mass is 35.5. The lowest BCUT2D eigenvalue weighted by Gasteiger charge is -2.33. The van der Waals surface area contributed by atoms with Gasteiger partial charge in [0.15, 0.2) is 11.6 Å². The maximum absolute atomic E-state index is 12.7. The molecule has 4 rings (SSSR count). The number of piperidine rings is 1. The molecule has 0 aliphatic carbocycles. The highest BCUT2D eigenvalue weighted by Gasteiger charge is 2.26. The molecule has 1 N–H and O–H groups in total. The van der Waals surface area contributed by atoms with Crippen molar-refractivity contribution in [3.05, 3.63) is 47.0 Å². The van der Waals surface area contributed by atoms with E-state index >= 15 is 0 Å². The quantitative estimate of drug-likeness (QED) is 0.809. The van der Waals surface area contributed by atoms with Crippen molar-refractivity contribution in [1.29, 1.82) is 0 Å². The molecular weight excluding hydrogens is 390 g/mol. The Bertz CT molecular complexity index is 809. The van der Waals surface area contributed by atoms with Crippen LogP contribution in [0.3, 0.4) is 0 Å². The van der Waals surface area contributed by atoms with E-state index in [1.807, 2.05) is 36.4 Å². The van der Waals surface area contributed by atoms with Crippen molar-refractivity contribution in [2.75, 3.05) is 49.2 Å². The normalized spacial score (nSPS) is 19.8. The highest BCUT2D eigenvalue weighted by Crippen LogP contribution is 2.23. The first-order valence-electron chi connectivity index (χ1n) is 10.1. The van der Waals surface area contributed by atoms with Gasteiger partial charge in [0.1, 0.15) is 0 Å². The maximum Gasteiger partial charge on any atom is 0.225 e. The minimum Gasteiger partial charge on any atom is -0.378 e. The molecule has 0 bridgehead atoms. The molecule has 3 heterocycles. The number of hydrogen-bond donors (Lipinski definition) is 1. The Labute approximate surface area is 176 Å². The summed E-state index contributed by atoms with van der Waals surface area (Å²) in [5.74, 6) is 1.75. The number of carbonyl (C=O) groups excluding carboxylic acids is 1. The van der Waals surface area contributed by atoms with E-state index in [0.717, 1.165) is 62.9 Å². The fourth-order valence-electron chi connectivity index (χ4n) is 3.78. The first kappa shape index (κ1) is 19.9. The lowest BCUT2D eigenvalue weighted by atomic mass is 9.97. The predicted octanol–water partition coefficient (Wildman–Crippen LogP) is 2.50.